The summed E-state index contributed by atoms with van der Waals surface area (Å²) in [4.78, 5) is 15.0. The number of hydrogen-bond acceptors (Lipinski definition) is 4. The summed E-state index contributed by atoms with van der Waals surface area (Å²) in [6, 6.07) is 21.2. The van der Waals surface area contributed by atoms with E-state index in [0.29, 0.717) is 17.1 Å². The molecule has 0 spiro atoms. The van der Waals surface area contributed by atoms with Gasteiger partial charge in [-0.2, -0.15) is 0 Å². The van der Waals surface area contributed by atoms with Gasteiger partial charge in [-0.1, -0.05) is 36.4 Å². The summed E-state index contributed by atoms with van der Waals surface area (Å²) in [7, 11) is 3.24. The van der Waals surface area contributed by atoms with Gasteiger partial charge in [-0.15, -0.1) is 0 Å². The molecule has 1 heterocycles. The summed E-state index contributed by atoms with van der Waals surface area (Å²) in [5.41, 5.74) is 4.38. The van der Waals surface area contributed by atoms with E-state index < -0.39 is 0 Å². The standard InChI is InChI=1S/C23H22N2O3/c1-15-8-4-7-11-21(15)25-22(19-9-5-6-10-20(19)23(25)26)24-16-12-17(27-2)14-18(13-16)28-3/h4-14,22,24H,1-3H3/t22-/m0/s1. The van der Waals surface area contributed by atoms with Crippen LogP contribution in [0.1, 0.15) is 27.7 Å². The SMILES string of the molecule is COc1cc(N[C@@H]2c3ccccc3C(=O)N2c2ccccc2C)cc(OC)c1. The highest BCUT2D eigenvalue weighted by Gasteiger charge is 2.38. The largest absolute Gasteiger partial charge is 0.497 e. The fraction of sp³-hybridized carbons (Fsp3) is 0.174. The first-order valence-corrected chi connectivity index (χ1v) is 9.10. The van der Waals surface area contributed by atoms with Crippen molar-refractivity contribution in [1.82, 2.24) is 0 Å². The molecule has 0 fully saturated rings. The molecule has 1 aliphatic heterocycles. The molecule has 0 saturated heterocycles. The Hall–Kier alpha value is -3.47. The van der Waals surface area contributed by atoms with Crippen molar-refractivity contribution in [1.29, 1.82) is 0 Å². The van der Waals surface area contributed by atoms with E-state index in [1.165, 1.54) is 0 Å². The van der Waals surface area contributed by atoms with Crippen LogP contribution in [0.5, 0.6) is 11.5 Å². The summed E-state index contributed by atoms with van der Waals surface area (Å²) in [5.74, 6) is 1.35. The van der Waals surface area contributed by atoms with Gasteiger partial charge >= 0.3 is 0 Å². The van der Waals surface area contributed by atoms with Gasteiger partial charge < -0.3 is 14.8 Å². The molecule has 0 unspecified atom stereocenters. The second-order valence-corrected chi connectivity index (χ2v) is 6.70. The quantitative estimate of drug-likeness (QED) is 0.698. The third kappa shape index (κ3) is 3.05. The number of aryl methyl sites for hydroxylation is 1. The van der Waals surface area contributed by atoms with E-state index in [1.54, 1.807) is 14.2 Å². The molecule has 3 aromatic carbocycles. The molecule has 28 heavy (non-hydrogen) atoms. The first-order valence-electron chi connectivity index (χ1n) is 9.10. The Balaban J connectivity index is 1.80. The second kappa shape index (κ2) is 7.27. The number of amides is 1. The van der Waals surface area contributed by atoms with Gasteiger partial charge in [0.05, 0.1) is 14.2 Å². The molecule has 0 radical (unpaired) electrons. The third-order valence-corrected chi connectivity index (χ3v) is 4.99. The third-order valence-electron chi connectivity index (χ3n) is 4.99. The number of hydrogen-bond donors (Lipinski definition) is 1. The molecule has 5 heteroatoms. The highest BCUT2D eigenvalue weighted by molar-refractivity contribution is 6.11. The number of anilines is 2. The van der Waals surface area contributed by atoms with Gasteiger partial charge in [-0.3, -0.25) is 9.69 Å². The van der Waals surface area contributed by atoms with Crippen LogP contribution in [-0.2, 0) is 0 Å². The van der Waals surface area contributed by atoms with Crippen LogP contribution in [0, 0.1) is 6.92 Å². The summed E-state index contributed by atoms with van der Waals surface area (Å²) in [6.07, 6.45) is -0.332. The van der Waals surface area contributed by atoms with Gasteiger partial charge in [0.2, 0.25) is 0 Å². The minimum Gasteiger partial charge on any atom is -0.497 e. The van der Waals surface area contributed by atoms with Crippen molar-refractivity contribution in [3.63, 3.8) is 0 Å². The summed E-state index contributed by atoms with van der Waals surface area (Å²) < 4.78 is 10.8. The summed E-state index contributed by atoms with van der Waals surface area (Å²) >= 11 is 0. The van der Waals surface area contributed by atoms with E-state index in [4.69, 9.17) is 9.47 Å². The lowest BCUT2D eigenvalue weighted by atomic mass is 10.1. The van der Waals surface area contributed by atoms with Crippen LogP contribution in [0.15, 0.2) is 66.7 Å². The number of rotatable bonds is 5. The zero-order chi connectivity index (χ0) is 19.7. The van der Waals surface area contributed by atoms with Crippen LogP contribution in [0.2, 0.25) is 0 Å². The van der Waals surface area contributed by atoms with Gasteiger partial charge in [-0.25, -0.2) is 0 Å². The molecule has 0 saturated carbocycles. The number of ether oxygens (including phenoxy) is 2. The number of nitrogens with one attached hydrogen (secondary N) is 1. The minimum absolute atomic E-state index is 0.0164. The van der Waals surface area contributed by atoms with E-state index in [9.17, 15) is 4.79 Å². The van der Waals surface area contributed by atoms with Crippen molar-refractivity contribution in [2.45, 2.75) is 13.1 Å². The van der Waals surface area contributed by atoms with E-state index in [1.807, 2.05) is 78.6 Å². The molecule has 0 aromatic heterocycles. The Morgan fingerprint density at radius 3 is 2.21 bits per heavy atom. The van der Waals surface area contributed by atoms with Gasteiger partial charge in [0, 0.05) is 40.7 Å². The average Bonchev–Trinajstić information content (AvgIpc) is 3.00. The predicted molar refractivity (Wildman–Crippen MR) is 110 cm³/mol. The van der Waals surface area contributed by atoms with Gasteiger partial charge in [0.15, 0.2) is 0 Å². The lowest BCUT2D eigenvalue weighted by molar-refractivity contribution is 0.0993. The van der Waals surface area contributed by atoms with E-state index in [2.05, 4.69) is 5.32 Å². The number of methoxy groups -OCH3 is 2. The molecule has 1 atom stereocenters. The normalized spacial score (nSPS) is 15.3. The molecule has 1 N–H and O–H groups in total. The van der Waals surface area contributed by atoms with Crippen molar-refractivity contribution in [3.8, 4) is 11.5 Å². The monoisotopic (exact) mass is 374 g/mol. The highest BCUT2D eigenvalue weighted by atomic mass is 16.5. The molecular weight excluding hydrogens is 352 g/mol. The Bertz CT molecular complexity index is 1010. The number of nitrogens with zero attached hydrogens (tertiary/aromatic N) is 1. The smallest absolute Gasteiger partial charge is 0.260 e. The Labute approximate surface area is 164 Å². The topological polar surface area (TPSA) is 50.8 Å². The number of fused-ring (bicyclic) bond motifs is 1. The molecule has 1 amide bonds. The van der Waals surface area contributed by atoms with E-state index in [0.717, 1.165) is 22.5 Å². The Morgan fingerprint density at radius 2 is 1.54 bits per heavy atom. The molecule has 3 aromatic rings. The van der Waals surface area contributed by atoms with Crippen LogP contribution in [0.3, 0.4) is 0 Å². The van der Waals surface area contributed by atoms with Crippen molar-refractivity contribution in [3.05, 3.63) is 83.4 Å². The van der Waals surface area contributed by atoms with Crippen LogP contribution in [-0.4, -0.2) is 20.1 Å². The molecule has 142 valence electrons. The fourth-order valence-electron chi connectivity index (χ4n) is 3.59. The number of para-hydroxylation sites is 1. The average molecular weight is 374 g/mol. The van der Waals surface area contributed by atoms with E-state index >= 15 is 0 Å². The second-order valence-electron chi connectivity index (χ2n) is 6.70. The van der Waals surface area contributed by atoms with Crippen molar-refractivity contribution in [2.24, 2.45) is 0 Å². The zero-order valence-corrected chi connectivity index (χ0v) is 16.1. The van der Waals surface area contributed by atoms with Crippen molar-refractivity contribution >= 4 is 17.3 Å². The maximum atomic E-state index is 13.2. The van der Waals surface area contributed by atoms with Gasteiger partial charge in [-0.05, 0) is 24.6 Å². The van der Waals surface area contributed by atoms with Crippen LogP contribution < -0.4 is 19.7 Å². The fourth-order valence-corrected chi connectivity index (χ4v) is 3.59. The summed E-state index contributed by atoms with van der Waals surface area (Å²) in [5, 5.41) is 3.50. The van der Waals surface area contributed by atoms with E-state index in [-0.39, 0.29) is 12.1 Å². The molecular formula is C23H22N2O3. The van der Waals surface area contributed by atoms with Crippen LogP contribution >= 0.6 is 0 Å². The number of carbonyl (C=O) groups is 1. The molecule has 0 bridgehead atoms. The van der Waals surface area contributed by atoms with Crippen LogP contribution in [0.25, 0.3) is 0 Å². The molecule has 4 rings (SSSR count). The molecule has 0 aliphatic carbocycles. The molecule has 5 nitrogen and oxygen atoms in total. The van der Waals surface area contributed by atoms with Gasteiger partial charge in [0.1, 0.15) is 17.7 Å². The van der Waals surface area contributed by atoms with Crippen molar-refractivity contribution < 1.29 is 14.3 Å². The predicted octanol–water partition coefficient (Wildman–Crippen LogP) is 4.78. The first kappa shape index (κ1) is 17.9. The van der Waals surface area contributed by atoms with Crippen LogP contribution in [0.4, 0.5) is 11.4 Å². The maximum absolute atomic E-state index is 13.2. The number of benzene rings is 3. The maximum Gasteiger partial charge on any atom is 0.260 e. The summed E-state index contributed by atoms with van der Waals surface area (Å²) in [6.45, 7) is 2.01. The number of carbonyl (C=O) groups excluding carboxylic acids is 1. The highest BCUT2D eigenvalue weighted by Crippen LogP contribution is 2.40. The molecule has 1 aliphatic rings. The lowest BCUT2D eigenvalue weighted by Crippen LogP contribution is -2.32. The Kier molecular flexibility index (Phi) is 4.65. The minimum atomic E-state index is -0.332. The lowest BCUT2D eigenvalue weighted by Gasteiger charge is -2.28. The van der Waals surface area contributed by atoms with Gasteiger partial charge in [0.25, 0.3) is 5.91 Å². The first-order chi connectivity index (χ1) is 13.6. The Morgan fingerprint density at radius 1 is 0.893 bits per heavy atom. The van der Waals surface area contributed by atoms with Crippen molar-refractivity contribution in [2.75, 3.05) is 24.4 Å². The zero-order valence-electron chi connectivity index (χ0n) is 16.1.